The van der Waals surface area contributed by atoms with Gasteiger partial charge < -0.3 is 9.84 Å². The number of hydrogen-bond donors (Lipinski definition) is 1. The van der Waals surface area contributed by atoms with Crippen molar-refractivity contribution >= 4 is 5.91 Å². The Bertz CT molecular complexity index is 729. The van der Waals surface area contributed by atoms with Gasteiger partial charge in [0.2, 0.25) is 5.91 Å². The lowest BCUT2D eigenvalue weighted by Gasteiger charge is -2.42. The molecule has 7 heteroatoms. The van der Waals surface area contributed by atoms with E-state index in [1.807, 2.05) is 18.5 Å². The van der Waals surface area contributed by atoms with Crippen LogP contribution in [-0.2, 0) is 17.9 Å². The standard InChI is InChI=1S/C21H29N5O2/c27-21(23-14-19-7-12-28-24-19)18-4-2-9-26(16-18)20-5-10-25(11-6-20)15-17-3-1-8-22-13-17/h1,3,7-8,12-13,18,20H,2,4-6,9-11,14-16H2,(H,23,27). The summed E-state index contributed by atoms with van der Waals surface area (Å²) >= 11 is 0. The summed E-state index contributed by atoms with van der Waals surface area (Å²) in [6.07, 6.45) is 9.73. The van der Waals surface area contributed by atoms with Crippen molar-refractivity contribution in [1.29, 1.82) is 0 Å². The molecule has 4 heterocycles. The van der Waals surface area contributed by atoms with Gasteiger partial charge >= 0.3 is 0 Å². The molecule has 28 heavy (non-hydrogen) atoms. The number of amides is 1. The summed E-state index contributed by atoms with van der Waals surface area (Å²) in [4.78, 5) is 21.8. The van der Waals surface area contributed by atoms with Gasteiger partial charge in [0.05, 0.1) is 12.5 Å². The van der Waals surface area contributed by atoms with E-state index in [1.165, 1.54) is 24.7 Å². The first-order valence-corrected chi connectivity index (χ1v) is 10.3. The van der Waals surface area contributed by atoms with E-state index in [0.29, 0.717) is 12.6 Å². The third-order valence-electron chi connectivity index (χ3n) is 5.96. The third kappa shape index (κ3) is 4.97. The van der Waals surface area contributed by atoms with E-state index in [0.717, 1.165) is 51.3 Å². The Labute approximate surface area is 166 Å². The van der Waals surface area contributed by atoms with Gasteiger partial charge in [0.1, 0.15) is 12.0 Å². The molecule has 1 N–H and O–H groups in total. The molecule has 2 saturated heterocycles. The molecule has 0 aromatic carbocycles. The molecular formula is C21H29N5O2. The Hall–Kier alpha value is -2.25. The van der Waals surface area contributed by atoms with Crippen molar-refractivity contribution in [2.24, 2.45) is 5.92 Å². The summed E-state index contributed by atoms with van der Waals surface area (Å²) in [6.45, 7) is 5.63. The molecule has 0 saturated carbocycles. The van der Waals surface area contributed by atoms with Crippen LogP contribution >= 0.6 is 0 Å². The molecule has 0 aliphatic carbocycles. The maximum atomic E-state index is 12.6. The van der Waals surface area contributed by atoms with Crippen LogP contribution in [0.4, 0.5) is 0 Å². The first-order valence-electron chi connectivity index (χ1n) is 10.3. The highest BCUT2D eigenvalue weighted by molar-refractivity contribution is 5.78. The third-order valence-corrected chi connectivity index (χ3v) is 5.96. The van der Waals surface area contributed by atoms with Crippen molar-refractivity contribution in [3.05, 3.63) is 48.1 Å². The Morgan fingerprint density at radius 3 is 2.86 bits per heavy atom. The predicted molar refractivity (Wildman–Crippen MR) is 105 cm³/mol. The first-order chi connectivity index (χ1) is 13.8. The van der Waals surface area contributed by atoms with Gasteiger partial charge in [-0.25, -0.2) is 0 Å². The van der Waals surface area contributed by atoms with Gasteiger partial charge in [0, 0.05) is 37.6 Å². The molecule has 0 spiro atoms. The summed E-state index contributed by atoms with van der Waals surface area (Å²) in [7, 11) is 0. The second-order valence-corrected chi connectivity index (χ2v) is 7.91. The summed E-state index contributed by atoms with van der Waals surface area (Å²) in [5.41, 5.74) is 2.05. The van der Waals surface area contributed by atoms with E-state index in [9.17, 15) is 4.79 Å². The second kappa shape index (κ2) is 9.30. The van der Waals surface area contributed by atoms with E-state index in [2.05, 4.69) is 31.3 Å². The number of nitrogens with zero attached hydrogens (tertiary/aromatic N) is 4. The van der Waals surface area contributed by atoms with Crippen LogP contribution in [0.1, 0.15) is 36.9 Å². The van der Waals surface area contributed by atoms with Crippen molar-refractivity contribution in [2.45, 2.75) is 44.8 Å². The van der Waals surface area contributed by atoms with Gasteiger partial charge in [-0.15, -0.1) is 0 Å². The van der Waals surface area contributed by atoms with E-state index in [-0.39, 0.29) is 11.8 Å². The fourth-order valence-electron chi connectivity index (χ4n) is 4.40. The zero-order chi connectivity index (χ0) is 19.2. The molecule has 0 radical (unpaired) electrons. The molecule has 2 aromatic heterocycles. The quantitative estimate of drug-likeness (QED) is 0.823. The maximum Gasteiger partial charge on any atom is 0.224 e. The SMILES string of the molecule is O=C(NCc1ccon1)C1CCCN(C2CCN(Cc3cccnc3)CC2)C1. The molecule has 150 valence electrons. The average molecular weight is 383 g/mol. The van der Waals surface area contributed by atoms with E-state index >= 15 is 0 Å². The highest BCUT2D eigenvalue weighted by atomic mass is 16.5. The summed E-state index contributed by atoms with van der Waals surface area (Å²) in [6, 6.07) is 6.53. The second-order valence-electron chi connectivity index (χ2n) is 7.91. The van der Waals surface area contributed by atoms with Gasteiger partial charge in [-0.05, 0) is 56.9 Å². The molecule has 1 unspecified atom stereocenters. The maximum absolute atomic E-state index is 12.6. The summed E-state index contributed by atoms with van der Waals surface area (Å²) in [5.74, 6) is 0.218. The topological polar surface area (TPSA) is 74.5 Å². The fourth-order valence-corrected chi connectivity index (χ4v) is 4.40. The van der Waals surface area contributed by atoms with Crippen LogP contribution in [0.3, 0.4) is 0 Å². The molecule has 1 atom stereocenters. The monoisotopic (exact) mass is 383 g/mol. The van der Waals surface area contributed by atoms with Crippen LogP contribution < -0.4 is 5.32 Å². The van der Waals surface area contributed by atoms with Crippen LogP contribution in [0.15, 0.2) is 41.4 Å². The van der Waals surface area contributed by atoms with Gasteiger partial charge in [-0.3, -0.25) is 19.6 Å². The van der Waals surface area contributed by atoms with Crippen LogP contribution in [0.5, 0.6) is 0 Å². The number of aromatic nitrogens is 2. The number of pyridine rings is 1. The van der Waals surface area contributed by atoms with Crippen molar-refractivity contribution in [1.82, 2.24) is 25.3 Å². The van der Waals surface area contributed by atoms with E-state index in [1.54, 1.807) is 6.07 Å². The van der Waals surface area contributed by atoms with Crippen molar-refractivity contribution in [2.75, 3.05) is 26.2 Å². The highest BCUT2D eigenvalue weighted by Crippen LogP contribution is 2.24. The molecule has 1 amide bonds. The summed E-state index contributed by atoms with van der Waals surface area (Å²) < 4.78 is 4.82. The zero-order valence-electron chi connectivity index (χ0n) is 16.3. The number of carbonyl (C=O) groups is 1. The van der Waals surface area contributed by atoms with E-state index < -0.39 is 0 Å². The number of likely N-dealkylation sites (tertiary alicyclic amines) is 2. The Morgan fingerprint density at radius 2 is 2.11 bits per heavy atom. The Morgan fingerprint density at radius 1 is 1.21 bits per heavy atom. The van der Waals surface area contributed by atoms with Crippen LogP contribution in [0.25, 0.3) is 0 Å². The number of nitrogens with one attached hydrogen (secondary N) is 1. The molecular weight excluding hydrogens is 354 g/mol. The Balaban J connectivity index is 1.23. The van der Waals surface area contributed by atoms with Gasteiger partial charge in [0.25, 0.3) is 0 Å². The molecule has 2 aromatic rings. The fraction of sp³-hybridized carbons (Fsp3) is 0.571. The Kier molecular flexibility index (Phi) is 6.34. The van der Waals surface area contributed by atoms with E-state index in [4.69, 9.17) is 4.52 Å². The predicted octanol–water partition coefficient (Wildman–Crippen LogP) is 2.06. The minimum atomic E-state index is 0.0778. The number of carbonyl (C=O) groups excluding carboxylic acids is 1. The number of rotatable bonds is 6. The lowest BCUT2D eigenvalue weighted by molar-refractivity contribution is -0.127. The van der Waals surface area contributed by atoms with Crippen LogP contribution in [0, 0.1) is 5.92 Å². The molecule has 2 aliphatic rings. The minimum Gasteiger partial charge on any atom is -0.364 e. The highest BCUT2D eigenvalue weighted by Gasteiger charge is 2.31. The molecule has 2 fully saturated rings. The average Bonchev–Trinajstić information content (AvgIpc) is 3.27. The molecule has 4 rings (SSSR count). The first kappa shape index (κ1) is 19.1. The lowest BCUT2D eigenvalue weighted by atomic mass is 9.93. The van der Waals surface area contributed by atoms with Crippen LogP contribution in [0.2, 0.25) is 0 Å². The number of piperidine rings is 2. The zero-order valence-corrected chi connectivity index (χ0v) is 16.3. The van der Waals surface area contributed by atoms with Crippen molar-refractivity contribution < 1.29 is 9.32 Å². The smallest absolute Gasteiger partial charge is 0.224 e. The minimum absolute atomic E-state index is 0.0778. The molecule has 0 bridgehead atoms. The van der Waals surface area contributed by atoms with Gasteiger partial charge in [0.15, 0.2) is 0 Å². The van der Waals surface area contributed by atoms with Crippen molar-refractivity contribution in [3.63, 3.8) is 0 Å². The van der Waals surface area contributed by atoms with Gasteiger partial charge in [-0.2, -0.15) is 0 Å². The molecule has 7 nitrogen and oxygen atoms in total. The number of hydrogen-bond acceptors (Lipinski definition) is 6. The lowest BCUT2D eigenvalue weighted by Crippen LogP contribution is -2.50. The van der Waals surface area contributed by atoms with Gasteiger partial charge in [-0.1, -0.05) is 11.2 Å². The molecule has 2 aliphatic heterocycles. The van der Waals surface area contributed by atoms with Crippen molar-refractivity contribution in [3.8, 4) is 0 Å². The largest absolute Gasteiger partial charge is 0.364 e. The summed E-state index contributed by atoms with van der Waals surface area (Å²) in [5, 5.41) is 6.86. The normalized spacial score (nSPS) is 22.2. The van der Waals surface area contributed by atoms with Crippen LogP contribution in [-0.4, -0.2) is 58.1 Å².